The number of nitrogen functional groups attached to an aromatic ring is 1. The average molecular weight is 495 g/mol. The number of nitrogens with zero attached hydrogens (tertiary/aromatic N) is 4. The molecule has 1 aliphatic heterocycles. The van der Waals surface area contributed by atoms with Crippen molar-refractivity contribution in [2.24, 2.45) is 0 Å². The van der Waals surface area contributed by atoms with Crippen LogP contribution in [0.2, 0.25) is 0 Å². The Balaban J connectivity index is 2.28. The predicted octanol–water partition coefficient (Wildman–Crippen LogP) is 4.30. The lowest BCUT2D eigenvalue weighted by Gasteiger charge is -2.36. The Labute approximate surface area is 190 Å². The molecule has 3 N–H and O–H groups in total. The third-order valence-corrected chi connectivity index (χ3v) is 5.49. The molecule has 1 aliphatic rings. The first-order valence-electron chi connectivity index (χ1n) is 10.3. The van der Waals surface area contributed by atoms with Gasteiger partial charge in [-0.15, -0.1) is 10.2 Å². The number of halogens is 6. The lowest BCUT2D eigenvalue weighted by Crippen LogP contribution is -2.47. The van der Waals surface area contributed by atoms with Crippen LogP contribution in [0.4, 0.5) is 32.0 Å². The minimum Gasteiger partial charge on any atom is -0.416 e. The number of anilines is 1. The molecule has 2 aromatic heterocycles. The van der Waals surface area contributed by atoms with E-state index >= 15 is 0 Å². The third-order valence-electron chi connectivity index (χ3n) is 5.49. The zero-order valence-corrected chi connectivity index (χ0v) is 18.5. The zero-order valence-electron chi connectivity index (χ0n) is 18.5. The average Bonchev–Trinajstić information content (AvgIpc) is 3.17. The number of amides is 1. The second kappa shape index (κ2) is 8.40. The predicted molar refractivity (Wildman–Crippen MR) is 106 cm³/mol. The van der Waals surface area contributed by atoms with Crippen molar-refractivity contribution in [2.75, 3.05) is 12.3 Å². The third kappa shape index (κ3) is 4.68. The van der Waals surface area contributed by atoms with Gasteiger partial charge in [0.15, 0.2) is 5.69 Å². The Morgan fingerprint density at radius 1 is 1.06 bits per heavy atom. The SMILES string of the molecule is CC(C)(C)N1CCCCC[C@](O)(C(F)(F)F)c2nnc(o2)-c2nc(c(C(F)(F)F)cc2N)C1=O. The summed E-state index contributed by atoms with van der Waals surface area (Å²) in [5, 5.41) is 17.1. The highest BCUT2D eigenvalue weighted by molar-refractivity contribution is 5.95. The van der Waals surface area contributed by atoms with E-state index in [1.54, 1.807) is 20.8 Å². The van der Waals surface area contributed by atoms with Gasteiger partial charge in [-0.2, -0.15) is 26.3 Å². The fourth-order valence-corrected chi connectivity index (χ4v) is 3.63. The number of aromatic nitrogens is 3. The minimum absolute atomic E-state index is 0.0517. The first kappa shape index (κ1) is 25.7. The molecule has 3 rings (SSSR count). The molecule has 14 heteroatoms. The normalized spacial score (nSPS) is 20.9. The van der Waals surface area contributed by atoms with Crippen LogP contribution in [-0.4, -0.2) is 49.4 Å². The van der Waals surface area contributed by atoms with Crippen LogP contribution >= 0.6 is 0 Å². The van der Waals surface area contributed by atoms with Crippen molar-refractivity contribution in [1.29, 1.82) is 0 Å². The molecule has 0 unspecified atom stereocenters. The van der Waals surface area contributed by atoms with E-state index in [0.717, 1.165) is 4.90 Å². The van der Waals surface area contributed by atoms with Gasteiger partial charge in [-0.1, -0.05) is 6.42 Å². The van der Waals surface area contributed by atoms with Gasteiger partial charge in [-0.05, 0) is 46.1 Å². The maximum atomic E-state index is 13.8. The Morgan fingerprint density at radius 3 is 2.26 bits per heavy atom. The van der Waals surface area contributed by atoms with E-state index in [1.165, 1.54) is 0 Å². The number of pyridine rings is 1. The molecule has 8 nitrogen and oxygen atoms in total. The lowest BCUT2D eigenvalue weighted by atomic mass is 9.94. The van der Waals surface area contributed by atoms with Crippen LogP contribution in [0.5, 0.6) is 0 Å². The van der Waals surface area contributed by atoms with E-state index in [1.807, 2.05) is 0 Å². The maximum Gasteiger partial charge on any atom is 0.426 e. The highest BCUT2D eigenvalue weighted by Gasteiger charge is 2.58. The molecule has 3 heterocycles. The van der Waals surface area contributed by atoms with Gasteiger partial charge in [0.25, 0.3) is 17.7 Å². The second-order valence-electron chi connectivity index (χ2n) is 9.03. The summed E-state index contributed by atoms with van der Waals surface area (Å²) in [6.07, 6.45) is -10.8. The summed E-state index contributed by atoms with van der Waals surface area (Å²) >= 11 is 0. The van der Waals surface area contributed by atoms with Crippen LogP contribution in [0.15, 0.2) is 10.5 Å². The molecule has 0 saturated heterocycles. The summed E-state index contributed by atoms with van der Waals surface area (Å²) in [6.45, 7) is 4.76. The monoisotopic (exact) mass is 495 g/mol. The Kier molecular flexibility index (Phi) is 6.35. The summed E-state index contributed by atoms with van der Waals surface area (Å²) in [5.41, 5.74) is -2.40. The molecule has 0 saturated carbocycles. The van der Waals surface area contributed by atoms with E-state index in [9.17, 15) is 36.2 Å². The number of alkyl halides is 6. The van der Waals surface area contributed by atoms with Gasteiger partial charge >= 0.3 is 12.4 Å². The van der Waals surface area contributed by atoms with E-state index in [0.29, 0.717) is 6.07 Å². The summed E-state index contributed by atoms with van der Waals surface area (Å²) in [5.74, 6) is -3.00. The largest absolute Gasteiger partial charge is 0.426 e. The lowest BCUT2D eigenvalue weighted by molar-refractivity contribution is -0.277. The van der Waals surface area contributed by atoms with E-state index < -0.39 is 70.2 Å². The molecule has 0 spiro atoms. The van der Waals surface area contributed by atoms with Crippen LogP contribution in [-0.2, 0) is 11.8 Å². The zero-order chi connectivity index (χ0) is 25.7. The van der Waals surface area contributed by atoms with Gasteiger partial charge in [-0.25, -0.2) is 4.98 Å². The molecule has 0 radical (unpaired) electrons. The van der Waals surface area contributed by atoms with Crippen LogP contribution in [0.3, 0.4) is 0 Å². The topological polar surface area (TPSA) is 118 Å². The van der Waals surface area contributed by atoms with Crippen molar-refractivity contribution in [3.05, 3.63) is 23.2 Å². The standard InChI is InChI=1S/C20H23F6N5O3/c1-17(2,3)31-8-6-4-5-7-18(33,20(24,25)26)16-30-29-14(34-16)13-11(27)9-10(19(21,22)23)12(28-13)15(31)32/h9,33H,4-8,27H2,1-3H3/t18-/m1/s1. The molecule has 0 aliphatic carbocycles. The van der Waals surface area contributed by atoms with Gasteiger partial charge in [0.05, 0.1) is 11.3 Å². The number of hydrogen-bond donors (Lipinski definition) is 2. The summed E-state index contributed by atoms with van der Waals surface area (Å²) in [7, 11) is 0. The quantitative estimate of drug-likeness (QED) is 0.523. The van der Waals surface area contributed by atoms with Crippen molar-refractivity contribution in [3.8, 4) is 11.6 Å². The van der Waals surface area contributed by atoms with Crippen LogP contribution < -0.4 is 5.73 Å². The smallest absolute Gasteiger partial charge is 0.416 e. The van der Waals surface area contributed by atoms with Crippen molar-refractivity contribution < 1.29 is 40.7 Å². The Morgan fingerprint density at radius 2 is 1.71 bits per heavy atom. The molecular weight excluding hydrogens is 472 g/mol. The molecule has 2 aromatic rings. The van der Waals surface area contributed by atoms with E-state index in [2.05, 4.69) is 15.2 Å². The molecule has 1 amide bonds. The van der Waals surface area contributed by atoms with Gasteiger partial charge in [0.1, 0.15) is 5.69 Å². The number of nitrogens with two attached hydrogens (primary N) is 1. The summed E-state index contributed by atoms with van der Waals surface area (Å²) < 4.78 is 87.5. The molecule has 0 aromatic carbocycles. The molecule has 4 bridgehead atoms. The molecule has 34 heavy (non-hydrogen) atoms. The van der Waals surface area contributed by atoms with Crippen molar-refractivity contribution in [2.45, 2.75) is 69.9 Å². The van der Waals surface area contributed by atoms with Crippen molar-refractivity contribution in [1.82, 2.24) is 20.1 Å². The van der Waals surface area contributed by atoms with Gasteiger partial charge in [0, 0.05) is 12.1 Å². The number of fused-ring (bicyclic) bond motifs is 5. The fraction of sp³-hybridized carbons (Fsp3) is 0.600. The highest BCUT2D eigenvalue weighted by atomic mass is 19.4. The maximum absolute atomic E-state index is 13.8. The Bertz CT molecular complexity index is 1080. The number of carbonyl (C=O) groups is 1. The van der Waals surface area contributed by atoms with Crippen LogP contribution in [0.25, 0.3) is 11.6 Å². The number of hydrogen-bond acceptors (Lipinski definition) is 7. The first-order valence-corrected chi connectivity index (χ1v) is 10.3. The van der Waals surface area contributed by atoms with Gasteiger partial charge < -0.3 is 20.2 Å². The van der Waals surface area contributed by atoms with Crippen molar-refractivity contribution in [3.63, 3.8) is 0 Å². The number of carbonyl (C=O) groups excluding carboxylic acids is 1. The van der Waals surface area contributed by atoms with Gasteiger partial charge in [-0.3, -0.25) is 4.79 Å². The molecule has 188 valence electrons. The number of aliphatic hydroxyl groups is 1. The Hall–Kier alpha value is -2.90. The second-order valence-corrected chi connectivity index (χ2v) is 9.03. The minimum atomic E-state index is -5.18. The van der Waals surface area contributed by atoms with E-state index in [4.69, 9.17) is 10.2 Å². The molecular formula is C20H23F6N5O3. The van der Waals surface area contributed by atoms with Gasteiger partial charge in [0.2, 0.25) is 5.60 Å². The number of rotatable bonds is 0. The first-order chi connectivity index (χ1) is 15.5. The summed E-state index contributed by atoms with van der Waals surface area (Å²) in [4.78, 5) is 18.2. The molecule has 1 atom stereocenters. The summed E-state index contributed by atoms with van der Waals surface area (Å²) in [6, 6.07) is 0.447. The fourth-order valence-electron chi connectivity index (χ4n) is 3.63. The van der Waals surface area contributed by atoms with Crippen LogP contribution in [0, 0.1) is 0 Å². The van der Waals surface area contributed by atoms with E-state index in [-0.39, 0.29) is 25.8 Å². The van der Waals surface area contributed by atoms with Crippen molar-refractivity contribution >= 4 is 11.6 Å². The highest BCUT2D eigenvalue weighted by Crippen LogP contribution is 2.44. The van der Waals surface area contributed by atoms with Crippen LogP contribution in [0.1, 0.15) is 68.4 Å². The molecule has 0 fully saturated rings.